The average molecular weight is 425 g/mol. The summed E-state index contributed by atoms with van der Waals surface area (Å²) < 4.78 is 10.8. The number of ether oxygens (including phenoxy) is 2. The van der Waals surface area contributed by atoms with Crippen LogP contribution in [0.5, 0.6) is 11.5 Å². The summed E-state index contributed by atoms with van der Waals surface area (Å²) in [7, 11) is 1.55. The molecule has 0 aliphatic rings. The largest absolute Gasteiger partial charge is 0.496 e. The summed E-state index contributed by atoms with van der Waals surface area (Å²) in [6.45, 7) is 2.24. The second-order valence-electron chi connectivity index (χ2n) is 6.12. The minimum atomic E-state index is -0.332. The number of methoxy groups -OCH3 is 1. The van der Waals surface area contributed by atoms with Gasteiger partial charge in [0.1, 0.15) is 11.5 Å². The van der Waals surface area contributed by atoms with E-state index in [1.807, 2.05) is 25.1 Å². The maximum absolute atomic E-state index is 12.0. The SMILES string of the molecule is COc1ccc(C)cc1CC(=O)NNC(=O)CCCOc1ccc(Cl)cc1Cl. The quantitative estimate of drug-likeness (QED) is 0.498. The maximum atomic E-state index is 12.0. The minimum Gasteiger partial charge on any atom is -0.496 e. The number of nitrogens with one attached hydrogen (secondary N) is 2. The first-order valence-corrected chi connectivity index (χ1v) is 9.43. The van der Waals surface area contributed by atoms with Crippen LogP contribution in [-0.2, 0) is 16.0 Å². The minimum absolute atomic E-state index is 0.101. The number of rotatable bonds is 8. The van der Waals surface area contributed by atoms with E-state index in [1.165, 1.54) is 0 Å². The molecule has 0 unspecified atom stereocenters. The molecule has 0 aromatic heterocycles. The van der Waals surface area contributed by atoms with E-state index in [9.17, 15) is 9.59 Å². The summed E-state index contributed by atoms with van der Waals surface area (Å²) >= 11 is 11.8. The molecule has 0 fully saturated rings. The molecule has 28 heavy (non-hydrogen) atoms. The van der Waals surface area contributed by atoms with Gasteiger partial charge < -0.3 is 9.47 Å². The first-order valence-electron chi connectivity index (χ1n) is 8.68. The number of benzene rings is 2. The molecular formula is C20H22Cl2N2O4. The van der Waals surface area contributed by atoms with Crippen molar-refractivity contribution in [1.29, 1.82) is 0 Å². The Morgan fingerprint density at radius 2 is 1.71 bits per heavy atom. The number of hydrogen-bond donors (Lipinski definition) is 2. The Kier molecular flexibility index (Phi) is 8.42. The van der Waals surface area contributed by atoms with Crippen molar-refractivity contribution in [3.05, 3.63) is 57.6 Å². The van der Waals surface area contributed by atoms with Gasteiger partial charge in [0.2, 0.25) is 11.8 Å². The molecule has 0 atom stereocenters. The average Bonchev–Trinajstić information content (AvgIpc) is 2.65. The highest BCUT2D eigenvalue weighted by Crippen LogP contribution is 2.27. The molecule has 0 saturated heterocycles. The van der Waals surface area contributed by atoms with Gasteiger partial charge >= 0.3 is 0 Å². The highest BCUT2D eigenvalue weighted by Gasteiger charge is 2.10. The number of carbonyl (C=O) groups excluding carboxylic acids is 2. The molecule has 150 valence electrons. The molecule has 8 heteroatoms. The van der Waals surface area contributed by atoms with E-state index in [0.717, 1.165) is 11.1 Å². The van der Waals surface area contributed by atoms with Crippen LogP contribution in [-0.4, -0.2) is 25.5 Å². The van der Waals surface area contributed by atoms with E-state index in [4.69, 9.17) is 32.7 Å². The summed E-state index contributed by atoms with van der Waals surface area (Å²) in [6, 6.07) is 10.5. The second kappa shape index (κ2) is 10.8. The van der Waals surface area contributed by atoms with Gasteiger partial charge in [-0.2, -0.15) is 0 Å². The van der Waals surface area contributed by atoms with Crippen molar-refractivity contribution < 1.29 is 19.1 Å². The van der Waals surface area contributed by atoms with Crippen LogP contribution in [0.4, 0.5) is 0 Å². The van der Waals surface area contributed by atoms with Gasteiger partial charge in [0.15, 0.2) is 0 Å². The Morgan fingerprint density at radius 3 is 2.43 bits per heavy atom. The number of hydrogen-bond acceptors (Lipinski definition) is 4. The first kappa shape index (κ1) is 21.9. The lowest BCUT2D eigenvalue weighted by atomic mass is 10.1. The number of carbonyl (C=O) groups is 2. The number of amides is 2. The van der Waals surface area contributed by atoms with Crippen molar-refractivity contribution in [2.75, 3.05) is 13.7 Å². The fourth-order valence-corrected chi connectivity index (χ4v) is 2.93. The predicted molar refractivity (Wildman–Crippen MR) is 109 cm³/mol. The van der Waals surface area contributed by atoms with E-state index in [-0.39, 0.29) is 24.7 Å². The first-order chi connectivity index (χ1) is 13.4. The molecule has 0 aliphatic carbocycles. The fourth-order valence-electron chi connectivity index (χ4n) is 2.47. The number of aryl methyl sites for hydroxylation is 1. The lowest BCUT2D eigenvalue weighted by Crippen LogP contribution is -2.42. The zero-order valence-corrected chi connectivity index (χ0v) is 17.2. The molecule has 6 nitrogen and oxygen atoms in total. The van der Waals surface area contributed by atoms with E-state index < -0.39 is 0 Å². The summed E-state index contributed by atoms with van der Waals surface area (Å²) in [5.41, 5.74) is 6.57. The Morgan fingerprint density at radius 1 is 1.00 bits per heavy atom. The molecular weight excluding hydrogens is 403 g/mol. The summed E-state index contributed by atoms with van der Waals surface area (Å²) in [5.74, 6) is 0.494. The molecule has 0 aliphatic heterocycles. The number of hydrazine groups is 1. The third-order valence-corrected chi connectivity index (χ3v) is 4.36. The van der Waals surface area contributed by atoms with Gasteiger partial charge in [0, 0.05) is 17.0 Å². The Balaban J connectivity index is 1.69. The third kappa shape index (κ3) is 6.94. The topological polar surface area (TPSA) is 76.7 Å². The van der Waals surface area contributed by atoms with Crippen LogP contribution in [0.15, 0.2) is 36.4 Å². The van der Waals surface area contributed by atoms with Crippen molar-refractivity contribution >= 4 is 35.0 Å². The van der Waals surface area contributed by atoms with Crippen LogP contribution in [0.2, 0.25) is 10.0 Å². The summed E-state index contributed by atoms with van der Waals surface area (Å²) in [6.07, 6.45) is 0.759. The molecule has 0 bridgehead atoms. The summed E-state index contributed by atoms with van der Waals surface area (Å²) in [4.78, 5) is 23.9. The van der Waals surface area contributed by atoms with Crippen LogP contribution in [0.25, 0.3) is 0 Å². The lowest BCUT2D eigenvalue weighted by Gasteiger charge is -2.11. The molecule has 2 aromatic rings. The zero-order valence-electron chi connectivity index (χ0n) is 15.7. The van der Waals surface area contributed by atoms with Crippen LogP contribution >= 0.6 is 23.2 Å². The van der Waals surface area contributed by atoms with Crippen molar-refractivity contribution in [3.8, 4) is 11.5 Å². The van der Waals surface area contributed by atoms with Crippen molar-refractivity contribution in [2.24, 2.45) is 0 Å². The van der Waals surface area contributed by atoms with Gasteiger partial charge in [-0.25, -0.2) is 0 Å². The van der Waals surface area contributed by atoms with E-state index >= 15 is 0 Å². The third-order valence-electron chi connectivity index (χ3n) is 3.83. The van der Waals surface area contributed by atoms with E-state index in [2.05, 4.69) is 10.9 Å². The Bertz CT molecular complexity index is 843. The van der Waals surface area contributed by atoms with E-state index in [1.54, 1.807) is 25.3 Å². The van der Waals surface area contributed by atoms with Crippen molar-refractivity contribution in [3.63, 3.8) is 0 Å². The standard InChI is InChI=1S/C20H22Cl2N2O4/c1-13-5-7-17(27-2)14(10-13)11-20(26)24-23-19(25)4-3-9-28-18-8-6-15(21)12-16(18)22/h5-8,10,12H,3-4,9,11H2,1-2H3,(H,23,25)(H,24,26). The van der Waals surface area contributed by atoms with Gasteiger partial charge in [-0.05, 0) is 37.6 Å². The molecule has 2 aromatic carbocycles. The lowest BCUT2D eigenvalue weighted by molar-refractivity contribution is -0.128. The molecule has 2 amide bonds. The fraction of sp³-hybridized carbons (Fsp3) is 0.300. The normalized spacial score (nSPS) is 10.3. The van der Waals surface area contributed by atoms with Crippen LogP contribution in [0.1, 0.15) is 24.0 Å². The van der Waals surface area contributed by atoms with Crippen LogP contribution < -0.4 is 20.3 Å². The second-order valence-corrected chi connectivity index (χ2v) is 6.96. The molecule has 0 radical (unpaired) electrons. The smallest absolute Gasteiger partial charge is 0.242 e. The van der Waals surface area contributed by atoms with Crippen molar-refractivity contribution in [2.45, 2.75) is 26.2 Å². The van der Waals surface area contributed by atoms with Crippen LogP contribution in [0.3, 0.4) is 0 Å². The molecule has 2 rings (SSSR count). The number of halogens is 2. The molecule has 0 spiro atoms. The molecule has 2 N–H and O–H groups in total. The van der Waals surface area contributed by atoms with Gasteiger partial charge in [-0.3, -0.25) is 20.4 Å². The van der Waals surface area contributed by atoms with Gasteiger partial charge in [0.25, 0.3) is 0 Å². The Hall–Kier alpha value is -2.44. The van der Waals surface area contributed by atoms with Gasteiger partial charge in [-0.15, -0.1) is 0 Å². The predicted octanol–water partition coefficient (Wildman–Crippen LogP) is 3.86. The van der Waals surface area contributed by atoms with Gasteiger partial charge in [0.05, 0.1) is 25.2 Å². The van der Waals surface area contributed by atoms with Gasteiger partial charge in [-0.1, -0.05) is 40.9 Å². The van der Waals surface area contributed by atoms with Crippen LogP contribution in [0, 0.1) is 6.92 Å². The highest BCUT2D eigenvalue weighted by atomic mass is 35.5. The zero-order chi connectivity index (χ0) is 20.5. The maximum Gasteiger partial charge on any atom is 0.242 e. The highest BCUT2D eigenvalue weighted by molar-refractivity contribution is 6.35. The summed E-state index contributed by atoms with van der Waals surface area (Å²) in [5, 5.41) is 0.937. The monoisotopic (exact) mass is 424 g/mol. The Labute approximate surface area is 174 Å². The van der Waals surface area contributed by atoms with Crippen molar-refractivity contribution in [1.82, 2.24) is 10.9 Å². The molecule has 0 saturated carbocycles. The van der Waals surface area contributed by atoms with E-state index in [0.29, 0.717) is 34.6 Å². The molecule has 0 heterocycles.